The zero-order valence-electron chi connectivity index (χ0n) is 19.7. The van der Waals surface area contributed by atoms with Gasteiger partial charge in [-0.1, -0.05) is 6.07 Å². The van der Waals surface area contributed by atoms with Gasteiger partial charge >= 0.3 is 0 Å². The van der Waals surface area contributed by atoms with E-state index < -0.39 is 28.3 Å². The minimum atomic E-state index is -3.91. The second-order valence-electron chi connectivity index (χ2n) is 8.06. The molecule has 3 aromatic heterocycles. The van der Waals surface area contributed by atoms with E-state index in [1.54, 1.807) is 30.5 Å². The summed E-state index contributed by atoms with van der Waals surface area (Å²) in [5, 5.41) is 12.0. The first-order chi connectivity index (χ1) is 17.8. The fourth-order valence-electron chi connectivity index (χ4n) is 3.51. The predicted molar refractivity (Wildman–Crippen MR) is 139 cm³/mol. The lowest BCUT2D eigenvalue weighted by molar-refractivity contribution is 0.292. The zero-order valence-corrected chi connectivity index (χ0v) is 20.5. The van der Waals surface area contributed by atoms with Crippen molar-refractivity contribution in [2.45, 2.75) is 12.8 Å². The molecule has 0 aliphatic carbocycles. The highest BCUT2D eigenvalue weighted by Gasteiger charge is 2.18. The van der Waals surface area contributed by atoms with Gasteiger partial charge in [0.15, 0.2) is 17.5 Å². The van der Waals surface area contributed by atoms with E-state index in [1.165, 1.54) is 18.2 Å². The SMILES string of the molecule is Nc1nc(-c2ccc(NCCCO)nc2)nc2ccc(-c3cccc(NS(=O)(=O)CCCF)c3F)nc12. The first-order valence-corrected chi connectivity index (χ1v) is 13.1. The molecular weight excluding hydrogens is 504 g/mol. The van der Waals surface area contributed by atoms with Crippen LogP contribution < -0.4 is 15.8 Å². The maximum absolute atomic E-state index is 15.2. The van der Waals surface area contributed by atoms with Crippen LogP contribution in [-0.2, 0) is 10.0 Å². The van der Waals surface area contributed by atoms with E-state index in [0.717, 1.165) is 0 Å². The van der Waals surface area contributed by atoms with Crippen LogP contribution in [0.15, 0.2) is 48.7 Å². The number of rotatable bonds is 11. The van der Waals surface area contributed by atoms with Crippen molar-refractivity contribution in [2.75, 3.05) is 41.4 Å². The van der Waals surface area contributed by atoms with Crippen molar-refractivity contribution in [2.24, 2.45) is 0 Å². The number of hydrogen-bond acceptors (Lipinski definition) is 9. The third kappa shape index (κ3) is 6.24. The smallest absolute Gasteiger partial charge is 0.232 e. The summed E-state index contributed by atoms with van der Waals surface area (Å²) in [5.74, 6) is -0.227. The van der Waals surface area contributed by atoms with Crippen LogP contribution in [0.25, 0.3) is 33.7 Å². The van der Waals surface area contributed by atoms with E-state index in [2.05, 4.69) is 30.0 Å². The van der Waals surface area contributed by atoms with Gasteiger partial charge < -0.3 is 16.2 Å². The molecule has 0 fully saturated rings. The number of aliphatic hydroxyl groups excluding tert-OH is 1. The normalized spacial score (nSPS) is 11.5. The Labute approximate surface area is 212 Å². The van der Waals surface area contributed by atoms with Gasteiger partial charge in [-0.3, -0.25) is 9.11 Å². The number of benzene rings is 1. The van der Waals surface area contributed by atoms with Gasteiger partial charge in [0.1, 0.15) is 11.3 Å². The number of nitrogens with two attached hydrogens (primary N) is 1. The molecule has 0 saturated carbocycles. The van der Waals surface area contributed by atoms with Crippen molar-refractivity contribution in [1.29, 1.82) is 0 Å². The maximum Gasteiger partial charge on any atom is 0.232 e. The highest BCUT2D eigenvalue weighted by atomic mass is 32.2. The number of fused-ring (bicyclic) bond motifs is 1. The molecule has 4 aromatic rings. The molecule has 0 radical (unpaired) electrons. The van der Waals surface area contributed by atoms with Gasteiger partial charge in [0, 0.05) is 30.5 Å². The summed E-state index contributed by atoms with van der Waals surface area (Å²) in [6, 6.07) is 10.9. The first-order valence-electron chi connectivity index (χ1n) is 11.4. The van der Waals surface area contributed by atoms with E-state index >= 15 is 4.39 Å². The van der Waals surface area contributed by atoms with Gasteiger partial charge in [0.2, 0.25) is 10.0 Å². The summed E-state index contributed by atoms with van der Waals surface area (Å²) in [6.07, 6.45) is 2.01. The third-order valence-electron chi connectivity index (χ3n) is 5.32. The number of aliphatic hydroxyl groups is 1. The molecule has 4 rings (SSSR count). The van der Waals surface area contributed by atoms with Crippen LogP contribution in [0.5, 0.6) is 0 Å². The lowest BCUT2D eigenvalue weighted by Crippen LogP contribution is -2.18. The molecule has 13 heteroatoms. The predicted octanol–water partition coefficient (Wildman–Crippen LogP) is 3.37. The fourth-order valence-corrected chi connectivity index (χ4v) is 4.60. The van der Waals surface area contributed by atoms with Crippen molar-refractivity contribution in [3.8, 4) is 22.6 Å². The average molecular weight is 530 g/mol. The van der Waals surface area contributed by atoms with Gasteiger partial charge in [-0.05, 0) is 49.2 Å². The van der Waals surface area contributed by atoms with Crippen LogP contribution in [0, 0.1) is 5.82 Å². The molecule has 0 unspecified atom stereocenters. The number of anilines is 3. The number of hydrogen-bond donors (Lipinski definition) is 4. The molecule has 37 heavy (non-hydrogen) atoms. The largest absolute Gasteiger partial charge is 0.396 e. The number of aromatic nitrogens is 4. The number of sulfonamides is 1. The van der Waals surface area contributed by atoms with E-state index in [1.807, 2.05) is 0 Å². The maximum atomic E-state index is 15.2. The first kappa shape index (κ1) is 26.1. The van der Waals surface area contributed by atoms with Crippen molar-refractivity contribution < 1.29 is 22.3 Å². The Bertz CT molecular complexity index is 1500. The highest BCUT2D eigenvalue weighted by Crippen LogP contribution is 2.30. The third-order valence-corrected chi connectivity index (χ3v) is 6.68. The van der Waals surface area contributed by atoms with Crippen molar-refractivity contribution in [3.05, 3.63) is 54.5 Å². The van der Waals surface area contributed by atoms with Crippen LogP contribution in [-0.4, -0.2) is 59.0 Å². The summed E-state index contributed by atoms with van der Waals surface area (Å²) in [7, 11) is -3.91. The van der Waals surface area contributed by atoms with Crippen molar-refractivity contribution in [3.63, 3.8) is 0 Å². The van der Waals surface area contributed by atoms with E-state index in [-0.39, 0.29) is 41.3 Å². The number of alkyl halides is 1. The molecule has 194 valence electrons. The Morgan fingerprint density at radius 1 is 1.03 bits per heavy atom. The summed E-state index contributed by atoms with van der Waals surface area (Å²) in [5.41, 5.74) is 7.47. The van der Waals surface area contributed by atoms with E-state index in [0.29, 0.717) is 35.7 Å². The van der Waals surface area contributed by atoms with Crippen LogP contribution in [0.2, 0.25) is 0 Å². The number of halogens is 2. The molecule has 0 atom stereocenters. The number of nitrogen functional groups attached to an aromatic ring is 1. The molecule has 5 N–H and O–H groups in total. The summed E-state index contributed by atoms with van der Waals surface area (Å²) in [4.78, 5) is 17.6. The Morgan fingerprint density at radius 2 is 1.86 bits per heavy atom. The zero-order chi connectivity index (χ0) is 26.4. The number of pyridine rings is 2. The van der Waals surface area contributed by atoms with Crippen molar-refractivity contribution >= 4 is 38.4 Å². The average Bonchev–Trinajstić information content (AvgIpc) is 2.89. The standard InChI is InChI=1S/C24H25F2N7O3S/c25-10-2-13-37(35,36)33-18-5-1-4-16(21(18)26)17-7-8-19-22(30-17)23(27)32-24(31-19)15-6-9-20(29-14-15)28-11-3-12-34/h1,4-9,14,33-34H,2-3,10-13H2,(H,28,29)(H2,27,31,32). The summed E-state index contributed by atoms with van der Waals surface area (Å²) < 4.78 is 53.9. The number of nitrogens with one attached hydrogen (secondary N) is 2. The molecule has 3 heterocycles. The molecule has 1 aromatic carbocycles. The van der Waals surface area contributed by atoms with Gasteiger partial charge in [-0.15, -0.1) is 0 Å². The molecule has 0 spiro atoms. The monoisotopic (exact) mass is 529 g/mol. The van der Waals surface area contributed by atoms with Gasteiger partial charge in [-0.2, -0.15) is 0 Å². The quantitative estimate of drug-likeness (QED) is 0.214. The topological polar surface area (TPSA) is 156 Å². The Balaban J connectivity index is 1.62. The highest BCUT2D eigenvalue weighted by molar-refractivity contribution is 7.92. The molecule has 0 amide bonds. The van der Waals surface area contributed by atoms with Gasteiger partial charge in [0.25, 0.3) is 0 Å². The minimum Gasteiger partial charge on any atom is -0.396 e. The minimum absolute atomic E-state index is 0.0459. The Kier molecular flexibility index (Phi) is 8.04. The Morgan fingerprint density at radius 3 is 2.59 bits per heavy atom. The summed E-state index contributed by atoms with van der Waals surface area (Å²) in [6.45, 7) is -0.117. The molecule has 0 saturated heterocycles. The lowest BCUT2D eigenvalue weighted by Gasteiger charge is -2.12. The molecule has 0 aliphatic rings. The number of nitrogens with zero attached hydrogens (tertiary/aromatic N) is 4. The molecule has 10 nitrogen and oxygen atoms in total. The van der Waals surface area contributed by atoms with Crippen LogP contribution in [0.3, 0.4) is 0 Å². The van der Waals surface area contributed by atoms with E-state index in [4.69, 9.17) is 10.8 Å². The van der Waals surface area contributed by atoms with Crippen molar-refractivity contribution in [1.82, 2.24) is 19.9 Å². The fraction of sp³-hybridized carbons (Fsp3) is 0.250. The van der Waals surface area contributed by atoms with Gasteiger partial charge in [-0.25, -0.2) is 32.7 Å². The van der Waals surface area contributed by atoms with Crippen LogP contribution >= 0.6 is 0 Å². The molecule has 0 bridgehead atoms. The van der Waals surface area contributed by atoms with Crippen LogP contribution in [0.1, 0.15) is 12.8 Å². The van der Waals surface area contributed by atoms with E-state index in [9.17, 15) is 12.8 Å². The summed E-state index contributed by atoms with van der Waals surface area (Å²) >= 11 is 0. The van der Waals surface area contributed by atoms with Crippen LogP contribution in [0.4, 0.5) is 26.1 Å². The molecule has 0 aliphatic heterocycles. The molecular formula is C24H25F2N7O3S. The lowest BCUT2D eigenvalue weighted by atomic mass is 10.1. The second kappa shape index (κ2) is 11.4. The Hall–Kier alpha value is -3.97. The second-order valence-corrected chi connectivity index (χ2v) is 9.91. The van der Waals surface area contributed by atoms with Gasteiger partial charge in [0.05, 0.1) is 29.3 Å².